The molecule has 1 aliphatic heterocycles. The van der Waals surface area contributed by atoms with Crippen LogP contribution in [-0.2, 0) is 9.47 Å². The van der Waals surface area contributed by atoms with E-state index in [2.05, 4.69) is 26.5 Å². The molecule has 1 rings (SSSR count). The van der Waals surface area contributed by atoms with E-state index in [0.29, 0.717) is 12.7 Å². The lowest BCUT2D eigenvalue weighted by Crippen LogP contribution is -1.83. The molecule has 2 nitrogen and oxygen atoms in total. The van der Waals surface area contributed by atoms with Crippen LogP contribution in [0.25, 0.3) is 0 Å². The van der Waals surface area contributed by atoms with Gasteiger partial charge in [-0.1, -0.05) is 26.5 Å². The normalized spacial score (nSPS) is 16.9. The second-order valence-corrected chi connectivity index (χ2v) is 2.94. The molecule has 1 aliphatic rings. The van der Waals surface area contributed by atoms with Crippen molar-refractivity contribution in [1.82, 2.24) is 0 Å². The monoisotopic (exact) mass is 166 g/mol. The number of rotatable bonds is 3. The van der Waals surface area contributed by atoms with Gasteiger partial charge in [0.25, 0.3) is 0 Å². The van der Waals surface area contributed by atoms with Crippen molar-refractivity contribution in [3.05, 3.63) is 36.3 Å². The molecule has 0 saturated carbocycles. The van der Waals surface area contributed by atoms with Crippen molar-refractivity contribution in [3.8, 4) is 0 Å². The molecular formula is C10H14O2. The molecule has 0 fully saturated rings. The molecule has 0 saturated heterocycles. The summed E-state index contributed by atoms with van der Waals surface area (Å²) >= 11 is 0. The smallest absolute Gasteiger partial charge is 0.231 e. The summed E-state index contributed by atoms with van der Waals surface area (Å²) in [6.07, 6.45) is 5.65. The highest BCUT2D eigenvalue weighted by atomic mass is 16.7. The first-order valence-corrected chi connectivity index (χ1v) is 4.04. The van der Waals surface area contributed by atoms with Gasteiger partial charge in [0.2, 0.25) is 6.79 Å². The Labute approximate surface area is 73.2 Å². The Morgan fingerprint density at radius 1 is 1.33 bits per heavy atom. The second-order valence-electron chi connectivity index (χ2n) is 2.94. The molecule has 0 aromatic rings. The molecule has 0 N–H and O–H groups in total. The Kier molecular flexibility index (Phi) is 2.97. The fourth-order valence-corrected chi connectivity index (χ4v) is 0.868. The van der Waals surface area contributed by atoms with Gasteiger partial charge < -0.3 is 9.47 Å². The molecule has 66 valence electrons. The zero-order valence-corrected chi connectivity index (χ0v) is 7.54. The Hall–Kier alpha value is -1.18. The summed E-state index contributed by atoms with van der Waals surface area (Å²) in [4.78, 5) is 0. The van der Waals surface area contributed by atoms with Gasteiger partial charge in [-0.3, -0.25) is 0 Å². The van der Waals surface area contributed by atoms with E-state index in [4.69, 9.17) is 9.47 Å². The SMILES string of the molecule is C=CC1=C(/C=C/C(C)C)OCO1. The van der Waals surface area contributed by atoms with Crippen molar-refractivity contribution in [2.45, 2.75) is 13.8 Å². The van der Waals surface area contributed by atoms with Gasteiger partial charge in [-0.2, -0.15) is 0 Å². The summed E-state index contributed by atoms with van der Waals surface area (Å²) in [5.74, 6) is 2.03. The summed E-state index contributed by atoms with van der Waals surface area (Å²) in [5.41, 5.74) is 0. The number of hydrogen-bond acceptors (Lipinski definition) is 2. The summed E-state index contributed by atoms with van der Waals surface area (Å²) in [6, 6.07) is 0. The van der Waals surface area contributed by atoms with E-state index in [0.717, 1.165) is 11.5 Å². The predicted molar refractivity (Wildman–Crippen MR) is 48.2 cm³/mol. The Morgan fingerprint density at radius 2 is 2.00 bits per heavy atom. The van der Waals surface area contributed by atoms with E-state index in [1.807, 2.05) is 6.08 Å². The molecule has 0 unspecified atom stereocenters. The summed E-state index contributed by atoms with van der Waals surface area (Å²) in [6.45, 7) is 8.15. The van der Waals surface area contributed by atoms with Crippen LogP contribution in [0.15, 0.2) is 36.3 Å². The van der Waals surface area contributed by atoms with Crippen LogP contribution in [0, 0.1) is 5.92 Å². The maximum absolute atomic E-state index is 5.21. The van der Waals surface area contributed by atoms with Gasteiger partial charge >= 0.3 is 0 Å². The minimum absolute atomic E-state index is 0.305. The van der Waals surface area contributed by atoms with Gasteiger partial charge in [-0.25, -0.2) is 0 Å². The zero-order chi connectivity index (χ0) is 8.97. The zero-order valence-electron chi connectivity index (χ0n) is 7.54. The van der Waals surface area contributed by atoms with Crippen LogP contribution in [0.2, 0.25) is 0 Å². The quantitative estimate of drug-likeness (QED) is 0.641. The number of allylic oxidation sites excluding steroid dienone is 3. The van der Waals surface area contributed by atoms with Crippen molar-refractivity contribution < 1.29 is 9.47 Å². The third-order valence-corrected chi connectivity index (χ3v) is 1.49. The topological polar surface area (TPSA) is 18.5 Å². The molecule has 0 radical (unpaired) electrons. The lowest BCUT2D eigenvalue weighted by Gasteiger charge is -1.95. The van der Waals surface area contributed by atoms with Gasteiger partial charge in [0, 0.05) is 0 Å². The molecule has 0 aliphatic carbocycles. The average molecular weight is 166 g/mol. The molecule has 0 bridgehead atoms. The lowest BCUT2D eigenvalue weighted by molar-refractivity contribution is 0.0778. The summed E-state index contributed by atoms with van der Waals surface area (Å²) in [7, 11) is 0. The molecule has 0 atom stereocenters. The van der Waals surface area contributed by atoms with E-state index in [1.165, 1.54) is 0 Å². The molecule has 12 heavy (non-hydrogen) atoms. The van der Waals surface area contributed by atoms with E-state index >= 15 is 0 Å². The molecule has 0 spiro atoms. The number of ether oxygens (including phenoxy) is 2. The highest BCUT2D eigenvalue weighted by Gasteiger charge is 2.10. The minimum atomic E-state index is 0.305. The lowest BCUT2D eigenvalue weighted by atomic mass is 10.2. The first kappa shape index (κ1) is 8.91. The van der Waals surface area contributed by atoms with E-state index in [9.17, 15) is 0 Å². The first-order valence-electron chi connectivity index (χ1n) is 4.04. The first-order chi connectivity index (χ1) is 5.74. The highest BCUT2D eigenvalue weighted by molar-refractivity contribution is 5.25. The van der Waals surface area contributed by atoms with Gasteiger partial charge in [0.1, 0.15) is 0 Å². The van der Waals surface area contributed by atoms with Crippen molar-refractivity contribution >= 4 is 0 Å². The summed E-state index contributed by atoms with van der Waals surface area (Å²) < 4.78 is 10.3. The minimum Gasteiger partial charge on any atom is -0.454 e. The standard InChI is InChI=1S/C10H14O2/c1-4-9-10(12-7-11-9)6-5-8(2)3/h4-6,8H,1,7H2,2-3H3/b6-5+. The predicted octanol–water partition coefficient (Wildman–Crippen LogP) is 2.60. The Bertz CT molecular complexity index is 224. The molecule has 0 aromatic carbocycles. The molecule has 0 amide bonds. The van der Waals surface area contributed by atoms with Crippen molar-refractivity contribution in [1.29, 1.82) is 0 Å². The maximum Gasteiger partial charge on any atom is 0.231 e. The van der Waals surface area contributed by atoms with Crippen LogP contribution in [0.5, 0.6) is 0 Å². The van der Waals surface area contributed by atoms with E-state index in [-0.39, 0.29) is 0 Å². The van der Waals surface area contributed by atoms with Crippen LogP contribution >= 0.6 is 0 Å². The maximum atomic E-state index is 5.21. The third kappa shape index (κ3) is 2.16. The highest BCUT2D eigenvalue weighted by Crippen LogP contribution is 2.18. The van der Waals surface area contributed by atoms with Crippen LogP contribution in [0.4, 0.5) is 0 Å². The van der Waals surface area contributed by atoms with Crippen LogP contribution < -0.4 is 0 Å². The Balaban J connectivity index is 2.66. The molecule has 1 heterocycles. The van der Waals surface area contributed by atoms with Crippen molar-refractivity contribution in [2.75, 3.05) is 6.79 Å². The largest absolute Gasteiger partial charge is 0.454 e. The van der Waals surface area contributed by atoms with Gasteiger partial charge in [-0.05, 0) is 18.1 Å². The number of hydrogen-bond donors (Lipinski definition) is 0. The second kappa shape index (κ2) is 4.00. The van der Waals surface area contributed by atoms with Crippen LogP contribution in [0.3, 0.4) is 0 Å². The Morgan fingerprint density at radius 3 is 2.58 bits per heavy atom. The van der Waals surface area contributed by atoms with Gasteiger partial charge in [-0.15, -0.1) is 0 Å². The molecule has 2 heteroatoms. The van der Waals surface area contributed by atoms with Crippen LogP contribution in [-0.4, -0.2) is 6.79 Å². The third-order valence-electron chi connectivity index (χ3n) is 1.49. The molecule has 0 aromatic heterocycles. The van der Waals surface area contributed by atoms with Crippen LogP contribution in [0.1, 0.15) is 13.8 Å². The fourth-order valence-electron chi connectivity index (χ4n) is 0.868. The average Bonchev–Trinajstić information content (AvgIpc) is 2.47. The molecular weight excluding hydrogens is 152 g/mol. The van der Waals surface area contributed by atoms with E-state index < -0.39 is 0 Å². The fraction of sp³-hybridized carbons (Fsp3) is 0.400. The van der Waals surface area contributed by atoms with Gasteiger partial charge in [0.15, 0.2) is 11.5 Å². The van der Waals surface area contributed by atoms with E-state index in [1.54, 1.807) is 6.08 Å². The van der Waals surface area contributed by atoms with Crippen molar-refractivity contribution in [3.63, 3.8) is 0 Å². The summed E-state index contributed by atoms with van der Waals surface area (Å²) in [5, 5.41) is 0. The van der Waals surface area contributed by atoms with Gasteiger partial charge in [0.05, 0.1) is 0 Å². The van der Waals surface area contributed by atoms with Crippen molar-refractivity contribution in [2.24, 2.45) is 5.92 Å².